The fourth-order valence-corrected chi connectivity index (χ4v) is 3.04. The van der Waals surface area contributed by atoms with E-state index in [0.717, 1.165) is 10.8 Å². The van der Waals surface area contributed by atoms with Gasteiger partial charge in [-0.2, -0.15) is 5.10 Å². The summed E-state index contributed by atoms with van der Waals surface area (Å²) in [4.78, 5) is 28.9. The van der Waals surface area contributed by atoms with Gasteiger partial charge in [0.25, 0.3) is 5.91 Å². The number of rotatable bonds is 5. The molecule has 2 amide bonds. The number of benzene rings is 3. The molecule has 1 unspecified atom stereocenters. The maximum Gasteiger partial charge on any atom is 0.256 e. The van der Waals surface area contributed by atoms with Gasteiger partial charge in [-0.05, 0) is 48.0 Å². The lowest BCUT2D eigenvalue weighted by atomic mass is 10.0. The number of aromatic nitrogens is 3. The molecule has 0 bridgehead atoms. The molecule has 0 aliphatic rings. The highest BCUT2D eigenvalue weighted by molar-refractivity contribution is 6.13. The standard InChI is InChI=1S/C22H19N5O2/c1-15(27-14-23-13-24-27)21(28)25-17-9-11-18(12-10-17)26-22(29)20-8-4-6-16-5-2-3-7-19(16)20/h2-15H,1H3,(H,25,28)(H,26,29). The molecule has 29 heavy (non-hydrogen) atoms. The number of hydrogen-bond donors (Lipinski definition) is 2. The first-order valence-electron chi connectivity index (χ1n) is 9.16. The number of carbonyl (C=O) groups excluding carboxylic acids is 2. The van der Waals surface area contributed by atoms with Gasteiger partial charge in [0.15, 0.2) is 0 Å². The quantitative estimate of drug-likeness (QED) is 0.546. The van der Waals surface area contributed by atoms with E-state index >= 15 is 0 Å². The zero-order valence-electron chi connectivity index (χ0n) is 15.7. The van der Waals surface area contributed by atoms with Crippen LogP contribution in [0.15, 0.2) is 79.4 Å². The fourth-order valence-electron chi connectivity index (χ4n) is 3.04. The number of anilines is 2. The second-order valence-electron chi connectivity index (χ2n) is 6.60. The van der Waals surface area contributed by atoms with Crippen LogP contribution >= 0.6 is 0 Å². The number of hydrogen-bond acceptors (Lipinski definition) is 4. The molecule has 7 heteroatoms. The van der Waals surface area contributed by atoms with Gasteiger partial charge in [0.1, 0.15) is 18.7 Å². The average Bonchev–Trinajstić information content (AvgIpc) is 3.29. The van der Waals surface area contributed by atoms with Gasteiger partial charge in [-0.25, -0.2) is 9.67 Å². The zero-order valence-corrected chi connectivity index (χ0v) is 15.7. The van der Waals surface area contributed by atoms with Crippen molar-refractivity contribution in [3.63, 3.8) is 0 Å². The molecule has 0 saturated carbocycles. The second-order valence-corrected chi connectivity index (χ2v) is 6.60. The van der Waals surface area contributed by atoms with Crippen LogP contribution in [0.2, 0.25) is 0 Å². The van der Waals surface area contributed by atoms with Crippen LogP contribution in [0, 0.1) is 0 Å². The van der Waals surface area contributed by atoms with Crippen molar-refractivity contribution in [3.8, 4) is 0 Å². The lowest BCUT2D eigenvalue weighted by Gasteiger charge is -2.13. The second kappa shape index (κ2) is 7.93. The molecule has 0 saturated heterocycles. The lowest BCUT2D eigenvalue weighted by Crippen LogP contribution is -2.24. The van der Waals surface area contributed by atoms with Crippen molar-refractivity contribution in [2.45, 2.75) is 13.0 Å². The van der Waals surface area contributed by atoms with Crippen LogP contribution in [0.4, 0.5) is 11.4 Å². The minimum atomic E-state index is -0.483. The number of carbonyl (C=O) groups is 2. The molecule has 1 aromatic heterocycles. The summed E-state index contributed by atoms with van der Waals surface area (Å²) in [6.45, 7) is 1.74. The molecule has 7 nitrogen and oxygen atoms in total. The van der Waals surface area contributed by atoms with Gasteiger partial charge in [0.2, 0.25) is 5.91 Å². The summed E-state index contributed by atoms with van der Waals surface area (Å²) in [6.07, 6.45) is 2.88. The van der Waals surface area contributed by atoms with E-state index in [1.807, 2.05) is 36.4 Å². The van der Waals surface area contributed by atoms with Crippen LogP contribution in [0.1, 0.15) is 23.3 Å². The van der Waals surface area contributed by atoms with Gasteiger partial charge < -0.3 is 10.6 Å². The molecule has 0 spiro atoms. The van der Waals surface area contributed by atoms with Crippen molar-refractivity contribution in [2.75, 3.05) is 10.6 Å². The molecule has 0 radical (unpaired) electrons. The van der Waals surface area contributed by atoms with Gasteiger partial charge in [-0.3, -0.25) is 9.59 Å². The minimum absolute atomic E-state index is 0.182. The summed E-state index contributed by atoms with van der Waals surface area (Å²) >= 11 is 0. The van der Waals surface area contributed by atoms with Gasteiger partial charge in [0.05, 0.1) is 0 Å². The van der Waals surface area contributed by atoms with Crippen LogP contribution in [-0.4, -0.2) is 26.6 Å². The smallest absolute Gasteiger partial charge is 0.256 e. The van der Waals surface area contributed by atoms with Crippen molar-refractivity contribution in [2.24, 2.45) is 0 Å². The van der Waals surface area contributed by atoms with E-state index in [0.29, 0.717) is 16.9 Å². The maximum absolute atomic E-state index is 12.7. The summed E-state index contributed by atoms with van der Waals surface area (Å²) < 4.78 is 1.48. The Hall–Kier alpha value is -4.00. The topological polar surface area (TPSA) is 88.9 Å². The highest BCUT2D eigenvalue weighted by Crippen LogP contribution is 2.21. The Kier molecular flexibility index (Phi) is 5.03. The van der Waals surface area contributed by atoms with Gasteiger partial charge >= 0.3 is 0 Å². The van der Waals surface area contributed by atoms with E-state index < -0.39 is 6.04 Å². The van der Waals surface area contributed by atoms with Crippen molar-refractivity contribution in [3.05, 3.63) is 84.9 Å². The van der Waals surface area contributed by atoms with Crippen LogP contribution in [0.3, 0.4) is 0 Å². The van der Waals surface area contributed by atoms with E-state index in [4.69, 9.17) is 0 Å². The minimum Gasteiger partial charge on any atom is -0.324 e. The number of fused-ring (bicyclic) bond motifs is 1. The van der Waals surface area contributed by atoms with Gasteiger partial charge in [-0.15, -0.1) is 0 Å². The predicted octanol–water partition coefficient (Wildman–Crippen LogP) is 3.88. The molecule has 1 heterocycles. The Bertz CT molecular complexity index is 1150. The van der Waals surface area contributed by atoms with Crippen LogP contribution in [-0.2, 0) is 4.79 Å². The molecule has 0 aliphatic carbocycles. The fraction of sp³-hybridized carbons (Fsp3) is 0.0909. The Morgan fingerprint density at radius 2 is 1.59 bits per heavy atom. The average molecular weight is 385 g/mol. The van der Waals surface area contributed by atoms with E-state index in [2.05, 4.69) is 20.7 Å². The van der Waals surface area contributed by atoms with E-state index in [9.17, 15) is 9.59 Å². The molecular weight excluding hydrogens is 366 g/mol. The molecule has 3 aromatic carbocycles. The van der Waals surface area contributed by atoms with Gasteiger partial charge in [-0.1, -0.05) is 36.4 Å². The van der Waals surface area contributed by atoms with Crippen molar-refractivity contribution in [1.82, 2.24) is 14.8 Å². The lowest BCUT2D eigenvalue weighted by molar-refractivity contribution is -0.119. The number of nitrogens with zero attached hydrogens (tertiary/aromatic N) is 3. The maximum atomic E-state index is 12.7. The van der Waals surface area contributed by atoms with Crippen LogP contribution in [0.5, 0.6) is 0 Å². The summed E-state index contributed by atoms with van der Waals surface area (Å²) in [5, 5.41) is 11.6. The summed E-state index contributed by atoms with van der Waals surface area (Å²) in [5.74, 6) is -0.388. The largest absolute Gasteiger partial charge is 0.324 e. The van der Waals surface area contributed by atoms with Crippen molar-refractivity contribution in [1.29, 1.82) is 0 Å². The summed E-state index contributed by atoms with van der Waals surface area (Å²) in [7, 11) is 0. The third-order valence-electron chi connectivity index (χ3n) is 4.66. The van der Waals surface area contributed by atoms with Crippen molar-refractivity contribution >= 4 is 34.0 Å². The molecule has 0 aliphatic heterocycles. The molecule has 2 N–H and O–H groups in total. The van der Waals surface area contributed by atoms with Crippen LogP contribution in [0.25, 0.3) is 10.8 Å². The highest BCUT2D eigenvalue weighted by Gasteiger charge is 2.15. The normalized spacial score (nSPS) is 11.8. The zero-order chi connectivity index (χ0) is 20.2. The third-order valence-corrected chi connectivity index (χ3v) is 4.66. The van der Waals surface area contributed by atoms with E-state index in [1.165, 1.54) is 17.3 Å². The molecule has 144 valence electrons. The first kappa shape index (κ1) is 18.4. The Morgan fingerprint density at radius 1 is 0.897 bits per heavy atom. The predicted molar refractivity (Wildman–Crippen MR) is 112 cm³/mol. The molecular formula is C22H19N5O2. The number of nitrogens with one attached hydrogen (secondary N) is 2. The first-order chi connectivity index (χ1) is 14.1. The molecule has 4 rings (SSSR count). The first-order valence-corrected chi connectivity index (χ1v) is 9.16. The SMILES string of the molecule is CC(C(=O)Nc1ccc(NC(=O)c2cccc3ccccc23)cc1)n1cncn1. The van der Waals surface area contributed by atoms with E-state index in [-0.39, 0.29) is 11.8 Å². The molecule has 0 fully saturated rings. The Labute approximate surface area is 167 Å². The summed E-state index contributed by atoms with van der Waals surface area (Å²) in [6, 6.07) is 19.9. The molecule has 4 aromatic rings. The van der Waals surface area contributed by atoms with Crippen molar-refractivity contribution < 1.29 is 9.59 Å². The van der Waals surface area contributed by atoms with E-state index in [1.54, 1.807) is 37.3 Å². The highest BCUT2D eigenvalue weighted by atomic mass is 16.2. The Morgan fingerprint density at radius 3 is 2.31 bits per heavy atom. The third kappa shape index (κ3) is 3.98. The summed E-state index contributed by atoms with van der Waals surface area (Å²) in [5.41, 5.74) is 1.89. The molecule has 1 atom stereocenters. The van der Waals surface area contributed by atoms with Crippen LogP contribution < -0.4 is 10.6 Å². The number of amides is 2. The van der Waals surface area contributed by atoms with Gasteiger partial charge in [0, 0.05) is 16.9 Å². The Balaban J connectivity index is 1.44. The monoisotopic (exact) mass is 385 g/mol.